The van der Waals surface area contributed by atoms with Gasteiger partial charge in [-0.15, -0.1) is 16.9 Å². The molecule has 0 spiro atoms. The van der Waals surface area contributed by atoms with E-state index in [-0.39, 0.29) is 11.9 Å². The number of ether oxygens (including phenoxy) is 1. The van der Waals surface area contributed by atoms with E-state index in [1.165, 1.54) is 0 Å². The van der Waals surface area contributed by atoms with Gasteiger partial charge in [-0.1, -0.05) is 43.1 Å². The van der Waals surface area contributed by atoms with Gasteiger partial charge in [0.2, 0.25) is 0 Å². The van der Waals surface area contributed by atoms with Crippen LogP contribution in [0.15, 0.2) is 57.8 Å². The van der Waals surface area contributed by atoms with Crippen molar-refractivity contribution in [1.82, 2.24) is 10.2 Å². The van der Waals surface area contributed by atoms with Crippen LogP contribution in [0.3, 0.4) is 0 Å². The van der Waals surface area contributed by atoms with Gasteiger partial charge in [0.05, 0.1) is 12.2 Å². The molecule has 1 heterocycles. The van der Waals surface area contributed by atoms with Crippen LogP contribution in [0.5, 0.6) is 5.75 Å². The number of anilines is 1. The largest absolute Gasteiger partial charge is 0.494 e. The van der Waals surface area contributed by atoms with Gasteiger partial charge in [0.15, 0.2) is 0 Å². The van der Waals surface area contributed by atoms with Gasteiger partial charge >= 0.3 is 6.01 Å². The molecular weight excluding hydrogens is 374 g/mol. The second-order valence-corrected chi connectivity index (χ2v) is 7.00. The molecule has 3 aromatic rings. The van der Waals surface area contributed by atoms with E-state index in [2.05, 4.69) is 22.4 Å². The first-order valence-corrected chi connectivity index (χ1v) is 10.4. The van der Waals surface area contributed by atoms with Gasteiger partial charge in [-0.05, 0) is 43.0 Å². The SMILES string of the molecule is CCCCCOc1cccc(C(=O)Nc2nnc(-c3ccccc3SC)o2)c1. The van der Waals surface area contributed by atoms with Gasteiger partial charge in [0.25, 0.3) is 11.8 Å². The van der Waals surface area contributed by atoms with Gasteiger partial charge in [0, 0.05) is 10.5 Å². The van der Waals surface area contributed by atoms with Crippen LogP contribution < -0.4 is 10.1 Å². The zero-order valence-corrected chi connectivity index (χ0v) is 16.8. The fourth-order valence-electron chi connectivity index (χ4n) is 2.64. The first-order valence-electron chi connectivity index (χ1n) is 9.22. The van der Waals surface area contributed by atoms with Gasteiger partial charge in [-0.25, -0.2) is 0 Å². The molecule has 1 amide bonds. The maximum Gasteiger partial charge on any atom is 0.322 e. The number of aromatic nitrogens is 2. The summed E-state index contributed by atoms with van der Waals surface area (Å²) in [6.45, 7) is 2.79. The Balaban J connectivity index is 1.66. The molecule has 0 unspecified atom stereocenters. The number of carbonyl (C=O) groups is 1. The first-order chi connectivity index (χ1) is 13.7. The first kappa shape index (κ1) is 19.9. The Bertz CT molecular complexity index is 927. The molecule has 1 N–H and O–H groups in total. The number of thioether (sulfide) groups is 1. The van der Waals surface area contributed by atoms with Crippen molar-refractivity contribution in [2.45, 2.75) is 31.1 Å². The maximum absolute atomic E-state index is 12.5. The molecule has 28 heavy (non-hydrogen) atoms. The van der Waals surface area contributed by atoms with Crippen molar-refractivity contribution in [1.29, 1.82) is 0 Å². The zero-order valence-electron chi connectivity index (χ0n) is 16.0. The smallest absolute Gasteiger partial charge is 0.322 e. The van der Waals surface area contributed by atoms with Crippen molar-refractivity contribution >= 4 is 23.7 Å². The van der Waals surface area contributed by atoms with Crippen molar-refractivity contribution in [3.63, 3.8) is 0 Å². The highest BCUT2D eigenvalue weighted by Gasteiger charge is 2.15. The van der Waals surface area contributed by atoms with Gasteiger partial charge in [-0.3, -0.25) is 10.1 Å². The van der Waals surface area contributed by atoms with Crippen LogP contribution in [0.1, 0.15) is 36.5 Å². The summed E-state index contributed by atoms with van der Waals surface area (Å²) in [5.41, 5.74) is 1.31. The summed E-state index contributed by atoms with van der Waals surface area (Å²) in [5.74, 6) is 0.712. The van der Waals surface area contributed by atoms with Crippen molar-refractivity contribution < 1.29 is 13.9 Å². The molecule has 0 aliphatic rings. The summed E-state index contributed by atoms with van der Waals surface area (Å²) in [5, 5.41) is 10.6. The van der Waals surface area contributed by atoms with E-state index in [1.54, 1.807) is 30.0 Å². The third-order valence-electron chi connectivity index (χ3n) is 4.10. The number of hydrogen-bond acceptors (Lipinski definition) is 6. The standard InChI is InChI=1S/C21H23N3O3S/c1-3-4-7-13-26-16-10-8-9-15(14-16)19(25)22-21-24-23-20(27-21)17-11-5-6-12-18(17)28-2/h5-6,8-12,14H,3-4,7,13H2,1-2H3,(H,22,24,25). The molecule has 0 saturated carbocycles. The Morgan fingerprint density at radius 3 is 2.82 bits per heavy atom. The van der Waals surface area contributed by atoms with E-state index in [0.717, 1.165) is 29.7 Å². The van der Waals surface area contributed by atoms with E-state index in [4.69, 9.17) is 9.15 Å². The van der Waals surface area contributed by atoms with Crippen LogP contribution in [-0.4, -0.2) is 29.0 Å². The van der Waals surface area contributed by atoms with Crippen LogP contribution >= 0.6 is 11.8 Å². The van der Waals surface area contributed by atoms with E-state index >= 15 is 0 Å². The lowest BCUT2D eigenvalue weighted by Crippen LogP contribution is -2.12. The van der Waals surface area contributed by atoms with Crippen molar-refractivity contribution in [2.75, 3.05) is 18.2 Å². The Labute approximate surface area is 168 Å². The number of nitrogens with one attached hydrogen (secondary N) is 1. The van der Waals surface area contributed by atoms with E-state index in [1.807, 2.05) is 36.6 Å². The third-order valence-corrected chi connectivity index (χ3v) is 4.89. The molecule has 3 rings (SSSR count). The molecular formula is C21H23N3O3S. The molecule has 0 aliphatic heterocycles. The maximum atomic E-state index is 12.5. The number of nitrogens with zero attached hydrogens (tertiary/aromatic N) is 2. The van der Waals surface area contributed by atoms with Crippen molar-refractivity contribution in [3.05, 3.63) is 54.1 Å². The fourth-order valence-corrected chi connectivity index (χ4v) is 3.23. The van der Waals surface area contributed by atoms with Crippen LogP contribution in [-0.2, 0) is 0 Å². The molecule has 6 nitrogen and oxygen atoms in total. The molecule has 0 fully saturated rings. The average molecular weight is 398 g/mol. The van der Waals surface area contributed by atoms with Gasteiger partial charge in [0.1, 0.15) is 5.75 Å². The summed E-state index contributed by atoms with van der Waals surface area (Å²) in [7, 11) is 0. The number of benzene rings is 2. The highest BCUT2D eigenvalue weighted by molar-refractivity contribution is 7.98. The molecule has 0 saturated heterocycles. The summed E-state index contributed by atoms with van der Waals surface area (Å²) in [6.07, 6.45) is 5.24. The number of rotatable bonds is 9. The molecule has 7 heteroatoms. The zero-order chi connectivity index (χ0) is 19.8. The highest BCUT2D eigenvalue weighted by atomic mass is 32.2. The second-order valence-electron chi connectivity index (χ2n) is 6.15. The summed E-state index contributed by atoms with van der Waals surface area (Å²) < 4.78 is 11.3. The number of hydrogen-bond donors (Lipinski definition) is 1. The van der Waals surface area contributed by atoms with Crippen molar-refractivity contribution in [3.8, 4) is 17.2 Å². The molecule has 146 valence electrons. The Kier molecular flexibility index (Phi) is 7.08. The Morgan fingerprint density at radius 1 is 1.14 bits per heavy atom. The molecule has 2 aromatic carbocycles. The van der Waals surface area contributed by atoms with E-state index in [9.17, 15) is 4.79 Å². The van der Waals surface area contributed by atoms with Gasteiger partial charge in [-0.2, -0.15) is 0 Å². The normalized spacial score (nSPS) is 10.6. The number of amides is 1. The highest BCUT2D eigenvalue weighted by Crippen LogP contribution is 2.29. The quantitative estimate of drug-likeness (QED) is 0.391. The minimum Gasteiger partial charge on any atom is -0.494 e. The molecule has 0 aliphatic carbocycles. The van der Waals surface area contributed by atoms with E-state index in [0.29, 0.717) is 23.8 Å². The predicted octanol–water partition coefficient (Wildman–Crippen LogP) is 5.28. The van der Waals surface area contributed by atoms with Gasteiger partial charge < -0.3 is 9.15 Å². The van der Waals surface area contributed by atoms with Crippen LogP contribution in [0.25, 0.3) is 11.5 Å². The topological polar surface area (TPSA) is 77.2 Å². The molecule has 0 bridgehead atoms. The summed E-state index contributed by atoms with van der Waals surface area (Å²) >= 11 is 1.59. The lowest BCUT2D eigenvalue weighted by atomic mass is 10.2. The lowest BCUT2D eigenvalue weighted by Gasteiger charge is -2.07. The van der Waals surface area contributed by atoms with Crippen LogP contribution in [0.4, 0.5) is 6.01 Å². The number of unbranched alkanes of at least 4 members (excludes halogenated alkanes) is 2. The Morgan fingerprint density at radius 2 is 2.00 bits per heavy atom. The average Bonchev–Trinajstić information content (AvgIpc) is 3.19. The molecule has 1 aromatic heterocycles. The lowest BCUT2D eigenvalue weighted by molar-refractivity contribution is 0.102. The molecule has 0 radical (unpaired) electrons. The summed E-state index contributed by atoms with van der Waals surface area (Å²) in [4.78, 5) is 13.5. The minimum atomic E-state index is -0.327. The van der Waals surface area contributed by atoms with Crippen LogP contribution in [0, 0.1) is 0 Å². The van der Waals surface area contributed by atoms with Crippen LogP contribution in [0.2, 0.25) is 0 Å². The Hall–Kier alpha value is -2.80. The fraction of sp³-hybridized carbons (Fsp3) is 0.286. The third kappa shape index (κ3) is 5.13. The summed E-state index contributed by atoms with van der Waals surface area (Å²) in [6, 6.07) is 14.9. The minimum absolute atomic E-state index is 0.0603. The second kappa shape index (κ2) is 9.94. The number of carbonyl (C=O) groups excluding carboxylic acids is 1. The predicted molar refractivity (Wildman–Crippen MR) is 111 cm³/mol. The molecule has 0 atom stereocenters. The van der Waals surface area contributed by atoms with Crippen molar-refractivity contribution in [2.24, 2.45) is 0 Å². The van der Waals surface area contributed by atoms with E-state index < -0.39 is 0 Å². The monoisotopic (exact) mass is 397 g/mol.